The van der Waals surface area contributed by atoms with E-state index in [1.165, 1.54) is 0 Å². The molecule has 0 aliphatic heterocycles. The molecule has 5 heteroatoms. The van der Waals surface area contributed by atoms with Crippen molar-refractivity contribution in [2.75, 3.05) is 5.32 Å². The molecule has 1 amide bonds. The van der Waals surface area contributed by atoms with E-state index in [0.717, 1.165) is 16.6 Å². The first-order valence-electron chi connectivity index (χ1n) is 8.52. The number of hydrogen-bond donors (Lipinski definition) is 1. The maximum atomic E-state index is 12.1. The predicted octanol–water partition coefficient (Wildman–Crippen LogP) is 3.74. The summed E-state index contributed by atoms with van der Waals surface area (Å²) in [5.41, 5.74) is 2.39. The van der Waals surface area contributed by atoms with E-state index in [1.54, 1.807) is 19.1 Å². The van der Waals surface area contributed by atoms with E-state index in [4.69, 9.17) is 4.74 Å². The number of aromatic nitrogens is 1. The van der Waals surface area contributed by atoms with Gasteiger partial charge in [-0.05, 0) is 31.2 Å². The second-order valence-electron chi connectivity index (χ2n) is 5.98. The number of fused-ring (bicyclic) bond motifs is 1. The molecule has 3 aromatic rings. The van der Waals surface area contributed by atoms with Gasteiger partial charge in [-0.15, -0.1) is 0 Å². The highest BCUT2D eigenvalue weighted by Crippen LogP contribution is 2.13. The number of nitrogens with one attached hydrogen (secondary N) is 1. The number of rotatable bonds is 6. The van der Waals surface area contributed by atoms with Crippen molar-refractivity contribution in [3.8, 4) is 0 Å². The van der Waals surface area contributed by atoms with Gasteiger partial charge in [-0.1, -0.05) is 42.5 Å². The molecule has 1 aromatic heterocycles. The lowest BCUT2D eigenvalue weighted by atomic mass is 10.1. The maximum Gasteiger partial charge on any atom is 0.306 e. The van der Waals surface area contributed by atoms with Crippen molar-refractivity contribution in [3.05, 3.63) is 72.4 Å². The number of carbonyl (C=O) groups excluding carboxylic acids is 2. The van der Waals surface area contributed by atoms with Crippen LogP contribution >= 0.6 is 0 Å². The van der Waals surface area contributed by atoms with E-state index in [9.17, 15) is 9.59 Å². The quantitative estimate of drug-likeness (QED) is 0.689. The third kappa shape index (κ3) is 4.66. The lowest BCUT2D eigenvalue weighted by molar-refractivity contribution is -0.153. The van der Waals surface area contributed by atoms with Gasteiger partial charge in [-0.3, -0.25) is 14.6 Å². The van der Waals surface area contributed by atoms with Crippen LogP contribution in [0, 0.1) is 0 Å². The van der Waals surface area contributed by atoms with Crippen LogP contribution in [0.3, 0.4) is 0 Å². The van der Waals surface area contributed by atoms with Gasteiger partial charge in [0.15, 0.2) is 6.10 Å². The minimum Gasteiger partial charge on any atom is -0.453 e. The van der Waals surface area contributed by atoms with Gasteiger partial charge in [-0.25, -0.2) is 0 Å². The lowest BCUT2D eigenvalue weighted by Crippen LogP contribution is -2.30. The van der Waals surface area contributed by atoms with E-state index in [1.807, 2.05) is 54.6 Å². The van der Waals surface area contributed by atoms with Crippen molar-refractivity contribution in [3.63, 3.8) is 0 Å². The van der Waals surface area contributed by atoms with E-state index in [2.05, 4.69) is 10.3 Å². The predicted molar refractivity (Wildman–Crippen MR) is 101 cm³/mol. The second-order valence-corrected chi connectivity index (χ2v) is 5.98. The number of carbonyl (C=O) groups is 2. The zero-order valence-electron chi connectivity index (χ0n) is 14.5. The Kier molecular flexibility index (Phi) is 5.59. The SMILES string of the molecule is CC(OC(=O)CCc1ccc2ccccc2n1)C(=O)Nc1ccccc1. The Morgan fingerprint density at radius 3 is 2.54 bits per heavy atom. The molecule has 1 atom stereocenters. The number of anilines is 1. The maximum absolute atomic E-state index is 12.1. The molecule has 0 bridgehead atoms. The van der Waals surface area contributed by atoms with Crippen LogP contribution in [0.1, 0.15) is 19.0 Å². The number of ether oxygens (including phenoxy) is 1. The fourth-order valence-corrected chi connectivity index (χ4v) is 2.55. The van der Waals surface area contributed by atoms with E-state index >= 15 is 0 Å². The molecule has 1 N–H and O–H groups in total. The molecule has 2 aromatic carbocycles. The minimum absolute atomic E-state index is 0.175. The van der Waals surface area contributed by atoms with E-state index in [0.29, 0.717) is 12.1 Å². The highest BCUT2D eigenvalue weighted by atomic mass is 16.5. The zero-order valence-corrected chi connectivity index (χ0v) is 14.5. The molecule has 26 heavy (non-hydrogen) atoms. The number of nitrogens with zero attached hydrogens (tertiary/aromatic N) is 1. The number of amides is 1. The Hall–Kier alpha value is -3.21. The molecule has 1 heterocycles. The first-order valence-corrected chi connectivity index (χ1v) is 8.52. The van der Waals surface area contributed by atoms with Gasteiger partial charge in [0, 0.05) is 23.2 Å². The van der Waals surface area contributed by atoms with Gasteiger partial charge >= 0.3 is 5.97 Å². The molecule has 0 spiro atoms. The van der Waals surface area contributed by atoms with Gasteiger partial charge in [0.2, 0.25) is 0 Å². The summed E-state index contributed by atoms with van der Waals surface area (Å²) in [6.45, 7) is 1.56. The van der Waals surface area contributed by atoms with Crippen LogP contribution in [0.5, 0.6) is 0 Å². The molecule has 1 unspecified atom stereocenters. The highest BCUT2D eigenvalue weighted by Gasteiger charge is 2.18. The van der Waals surface area contributed by atoms with Crippen molar-refractivity contribution in [2.45, 2.75) is 25.9 Å². The van der Waals surface area contributed by atoms with Gasteiger partial charge in [0.05, 0.1) is 11.9 Å². The van der Waals surface area contributed by atoms with Crippen LogP contribution in [0.15, 0.2) is 66.7 Å². The Morgan fingerprint density at radius 1 is 1.00 bits per heavy atom. The summed E-state index contributed by atoms with van der Waals surface area (Å²) in [5, 5.41) is 3.77. The van der Waals surface area contributed by atoms with Crippen molar-refractivity contribution >= 4 is 28.5 Å². The summed E-state index contributed by atoms with van der Waals surface area (Å²) in [5.74, 6) is -0.774. The molecule has 0 saturated heterocycles. The molecule has 0 radical (unpaired) electrons. The van der Waals surface area contributed by atoms with Gasteiger partial charge in [0.1, 0.15) is 0 Å². The van der Waals surface area contributed by atoms with Crippen LogP contribution in [0.25, 0.3) is 10.9 Å². The molecule has 0 saturated carbocycles. The van der Waals surface area contributed by atoms with E-state index in [-0.39, 0.29) is 12.3 Å². The Bertz CT molecular complexity index is 909. The van der Waals surface area contributed by atoms with Gasteiger partial charge in [-0.2, -0.15) is 0 Å². The summed E-state index contributed by atoms with van der Waals surface area (Å²) in [6, 6.07) is 20.8. The fourth-order valence-electron chi connectivity index (χ4n) is 2.55. The summed E-state index contributed by atoms with van der Waals surface area (Å²) < 4.78 is 5.21. The van der Waals surface area contributed by atoms with Crippen LogP contribution < -0.4 is 5.32 Å². The first kappa shape index (κ1) is 17.6. The topological polar surface area (TPSA) is 68.3 Å². The third-order valence-corrected chi connectivity index (χ3v) is 3.96. The average molecular weight is 348 g/mol. The number of aryl methyl sites for hydroxylation is 1. The lowest BCUT2D eigenvalue weighted by Gasteiger charge is -2.13. The number of pyridine rings is 1. The Balaban J connectivity index is 1.50. The Morgan fingerprint density at radius 2 is 1.73 bits per heavy atom. The molecule has 3 rings (SSSR count). The van der Waals surface area contributed by atoms with Gasteiger partial charge in [0.25, 0.3) is 5.91 Å². The largest absolute Gasteiger partial charge is 0.453 e. The van der Waals surface area contributed by atoms with Gasteiger partial charge < -0.3 is 10.1 Å². The van der Waals surface area contributed by atoms with Crippen LogP contribution in [0.2, 0.25) is 0 Å². The fraction of sp³-hybridized carbons (Fsp3) is 0.190. The van der Waals surface area contributed by atoms with Crippen molar-refractivity contribution < 1.29 is 14.3 Å². The Labute approximate surface area is 152 Å². The van der Waals surface area contributed by atoms with Crippen LogP contribution in [0.4, 0.5) is 5.69 Å². The average Bonchev–Trinajstić information content (AvgIpc) is 2.67. The summed E-state index contributed by atoms with van der Waals surface area (Å²) >= 11 is 0. The summed E-state index contributed by atoms with van der Waals surface area (Å²) in [4.78, 5) is 28.6. The second kappa shape index (κ2) is 8.25. The molecule has 0 fully saturated rings. The number of benzene rings is 2. The van der Waals surface area contributed by atoms with Crippen LogP contribution in [-0.4, -0.2) is 23.0 Å². The zero-order chi connectivity index (χ0) is 18.4. The third-order valence-electron chi connectivity index (χ3n) is 3.96. The summed E-state index contributed by atoms with van der Waals surface area (Å²) in [6.07, 6.45) is -0.211. The van der Waals surface area contributed by atoms with Crippen molar-refractivity contribution in [1.82, 2.24) is 4.98 Å². The molecular weight excluding hydrogens is 328 g/mol. The van der Waals surface area contributed by atoms with E-state index < -0.39 is 12.1 Å². The summed E-state index contributed by atoms with van der Waals surface area (Å²) in [7, 11) is 0. The van der Waals surface area contributed by atoms with Crippen LogP contribution in [-0.2, 0) is 20.7 Å². The molecule has 132 valence electrons. The number of esters is 1. The normalized spacial score (nSPS) is 11.7. The smallest absolute Gasteiger partial charge is 0.306 e. The number of hydrogen-bond acceptors (Lipinski definition) is 4. The van der Waals surface area contributed by atoms with Crippen molar-refractivity contribution in [1.29, 1.82) is 0 Å². The standard InChI is InChI=1S/C21H20N2O3/c1-15(21(25)23-17-8-3-2-4-9-17)26-20(24)14-13-18-12-11-16-7-5-6-10-19(16)22-18/h2-12,15H,13-14H2,1H3,(H,23,25). The minimum atomic E-state index is -0.854. The molecule has 5 nitrogen and oxygen atoms in total. The molecule has 0 aliphatic carbocycles. The first-order chi connectivity index (χ1) is 12.6. The van der Waals surface area contributed by atoms with Crippen molar-refractivity contribution in [2.24, 2.45) is 0 Å². The highest BCUT2D eigenvalue weighted by molar-refractivity contribution is 5.95. The molecular formula is C21H20N2O3. The molecule has 0 aliphatic rings. The number of para-hydroxylation sites is 2. The monoisotopic (exact) mass is 348 g/mol.